The third-order valence-corrected chi connectivity index (χ3v) is 6.33. The lowest BCUT2D eigenvalue weighted by atomic mass is 10.1. The summed E-state index contributed by atoms with van der Waals surface area (Å²) in [5.74, 6) is -0.204. The number of hydrogen-bond donors (Lipinski definition) is 0. The molecule has 5 nitrogen and oxygen atoms in total. The van der Waals surface area contributed by atoms with E-state index in [2.05, 4.69) is 36.9 Å². The van der Waals surface area contributed by atoms with Crippen LogP contribution < -0.4 is 10.3 Å². The fourth-order valence-electron chi connectivity index (χ4n) is 4.18. The summed E-state index contributed by atoms with van der Waals surface area (Å²) in [6.45, 7) is 9.58. The van der Waals surface area contributed by atoms with E-state index in [0.29, 0.717) is 30.0 Å². The molecule has 30 heavy (non-hydrogen) atoms. The van der Waals surface area contributed by atoms with Crippen molar-refractivity contribution in [2.75, 3.05) is 31.1 Å². The molecule has 156 valence electrons. The molecule has 0 unspecified atom stereocenters. The van der Waals surface area contributed by atoms with Gasteiger partial charge in [-0.15, -0.1) is 0 Å². The van der Waals surface area contributed by atoms with Crippen LogP contribution in [0.5, 0.6) is 0 Å². The molecule has 1 amide bonds. The van der Waals surface area contributed by atoms with E-state index < -0.39 is 0 Å². The number of rotatable bonds is 3. The number of fused-ring (bicyclic) bond motifs is 1. The number of piperazine rings is 1. The van der Waals surface area contributed by atoms with E-state index in [1.165, 1.54) is 16.8 Å². The maximum absolute atomic E-state index is 13.2. The molecule has 1 aliphatic rings. The number of carbonyl (C=O) groups excluding carboxylic acids is 1. The van der Waals surface area contributed by atoms with Gasteiger partial charge in [0.15, 0.2) is 0 Å². The number of aryl methyl sites for hydroxylation is 2. The van der Waals surface area contributed by atoms with Crippen LogP contribution in [0.1, 0.15) is 28.4 Å². The second-order valence-electron chi connectivity index (χ2n) is 7.82. The van der Waals surface area contributed by atoms with E-state index in [0.717, 1.165) is 18.6 Å². The third-order valence-electron chi connectivity index (χ3n) is 6.10. The van der Waals surface area contributed by atoms with Gasteiger partial charge in [-0.1, -0.05) is 23.7 Å². The monoisotopic (exact) mass is 423 g/mol. The van der Waals surface area contributed by atoms with Gasteiger partial charge in [0.25, 0.3) is 5.91 Å². The second-order valence-corrected chi connectivity index (χ2v) is 8.25. The summed E-state index contributed by atoms with van der Waals surface area (Å²) in [6, 6.07) is 11.6. The molecular weight excluding hydrogens is 398 g/mol. The van der Waals surface area contributed by atoms with E-state index in [-0.39, 0.29) is 16.9 Å². The van der Waals surface area contributed by atoms with Crippen molar-refractivity contribution in [1.29, 1.82) is 0 Å². The molecule has 0 saturated carbocycles. The number of amides is 1. The summed E-state index contributed by atoms with van der Waals surface area (Å²) in [7, 11) is 0. The summed E-state index contributed by atoms with van der Waals surface area (Å²) in [5.41, 5.74) is 4.51. The average molecular weight is 424 g/mol. The predicted octanol–water partition coefficient (Wildman–Crippen LogP) is 4.25. The number of halogens is 1. The van der Waals surface area contributed by atoms with Crippen molar-refractivity contribution in [1.82, 2.24) is 9.47 Å². The molecule has 0 atom stereocenters. The smallest absolute Gasteiger partial charge is 0.259 e. The molecular formula is C24H26ClN3O2. The lowest BCUT2D eigenvalue weighted by molar-refractivity contribution is 0.0745. The molecule has 0 spiro atoms. The van der Waals surface area contributed by atoms with Gasteiger partial charge in [0.2, 0.25) is 5.43 Å². The highest BCUT2D eigenvalue weighted by Gasteiger charge is 2.26. The molecule has 1 saturated heterocycles. The van der Waals surface area contributed by atoms with Crippen molar-refractivity contribution in [3.8, 4) is 0 Å². The van der Waals surface area contributed by atoms with Crippen molar-refractivity contribution in [3.63, 3.8) is 0 Å². The van der Waals surface area contributed by atoms with Crippen LogP contribution in [0.15, 0.2) is 47.4 Å². The Kier molecular flexibility index (Phi) is 5.56. The van der Waals surface area contributed by atoms with Crippen LogP contribution in [0.4, 0.5) is 5.69 Å². The van der Waals surface area contributed by atoms with Crippen molar-refractivity contribution < 1.29 is 4.79 Å². The van der Waals surface area contributed by atoms with Crippen LogP contribution in [-0.2, 0) is 6.54 Å². The first-order chi connectivity index (χ1) is 14.4. The van der Waals surface area contributed by atoms with Crippen LogP contribution >= 0.6 is 11.6 Å². The van der Waals surface area contributed by atoms with Gasteiger partial charge in [0.05, 0.1) is 5.52 Å². The van der Waals surface area contributed by atoms with Gasteiger partial charge in [0, 0.05) is 55.0 Å². The van der Waals surface area contributed by atoms with Crippen LogP contribution in [0.25, 0.3) is 10.9 Å². The van der Waals surface area contributed by atoms with Gasteiger partial charge in [-0.3, -0.25) is 9.59 Å². The number of anilines is 1. The summed E-state index contributed by atoms with van der Waals surface area (Å²) >= 11 is 6.12. The first-order valence-electron chi connectivity index (χ1n) is 10.3. The molecule has 6 heteroatoms. The zero-order valence-electron chi connectivity index (χ0n) is 17.6. The van der Waals surface area contributed by atoms with Gasteiger partial charge in [0.1, 0.15) is 5.56 Å². The van der Waals surface area contributed by atoms with Crippen LogP contribution in [0.3, 0.4) is 0 Å². The largest absolute Gasteiger partial charge is 0.368 e. The van der Waals surface area contributed by atoms with Crippen molar-refractivity contribution in [3.05, 3.63) is 74.5 Å². The topological polar surface area (TPSA) is 45.6 Å². The van der Waals surface area contributed by atoms with E-state index in [1.807, 2.05) is 17.6 Å². The van der Waals surface area contributed by atoms with Gasteiger partial charge < -0.3 is 14.4 Å². The highest BCUT2D eigenvalue weighted by Crippen LogP contribution is 2.24. The van der Waals surface area contributed by atoms with Gasteiger partial charge >= 0.3 is 0 Å². The number of pyridine rings is 1. The van der Waals surface area contributed by atoms with Gasteiger partial charge in [-0.05, 0) is 56.2 Å². The first-order valence-corrected chi connectivity index (χ1v) is 10.7. The summed E-state index contributed by atoms with van der Waals surface area (Å²) < 4.78 is 1.94. The maximum Gasteiger partial charge on any atom is 0.259 e. The molecule has 0 aliphatic carbocycles. The van der Waals surface area contributed by atoms with Crippen LogP contribution in [-0.4, -0.2) is 41.6 Å². The highest BCUT2D eigenvalue weighted by atomic mass is 35.5. The molecule has 1 fully saturated rings. The van der Waals surface area contributed by atoms with Gasteiger partial charge in [-0.25, -0.2) is 0 Å². The molecule has 0 N–H and O–H groups in total. The number of hydrogen-bond acceptors (Lipinski definition) is 3. The third kappa shape index (κ3) is 3.58. The Balaban J connectivity index is 1.60. The summed E-state index contributed by atoms with van der Waals surface area (Å²) in [6.07, 6.45) is 1.69. The van der Waals surface area contributed by atoms with Crippen molar-refractivity contribution in [2.45, 2.75) is 27.3 Å². The minimum absolute atomic E-state index is 0.204. The molecule has 2 heterocycles. The Morgan fingerprint density at radius 3 is 2.50 bits per heavy atom. The molecule has 1 aromatic heterocycles. The number of aromatic nitrogens is 1. The Morgan fingerprint density at radius 2 is 1.80 bits per heavy atom. The highest BCUT2D eigenvalue weighted by molar-refractivity contribution is 6.31. The lowest BCUT2D eigenvalue weighted by Crippen LogP contribution is -2.49. The maximum atomic E-state index is 13.2. The Morgan fingerprint density at radius 1 is 1.07 bits per heavy atom. The van der Waals surface area contributed by atoms with Gasteiger partial charge in [-0.2, -0.15) is 0 Å². The number of benzene rings is 2. The lowest BCUT2D eigenvalue weighted by Gasteiger charge is -2.37. The summed E-state index contributed by atoms with van der Waals surface area (Å²) in [4.78, 5) is 30.4. The van der Waals surface area contributed by atoms with Crippen molar-refractivity contribution in [2.24, 2.45) is 0 Å². The number of nitrogens with zero attached hydrogens (tertiary/aromatic N) is 3. The Bertz CT molecular complexity index is 1180. The van der Waals surface area contributed by atoms with Crippen molar-refractivity contribution >= 4 is 34.1 Å². The predicted molar refractivity (Wildman–Crippen MR) is 123 cm³/mol. The standard InChI is InChI=1S/C24H26ClN3O2/c1-4-26-15-20(23(29)19-14-18(25)8-9-22(19)26)24(30)28-12-10-27(11-13-28)21-7-5-6-16(2)17(21)3/h5-9,14-15H,4,10-13H2,1-3H3. The Hall–Kier alpha value is -2.79. The zero-order chi connectivity index (χ0) is 21.4. The normalized spacial score (nSPS) is 14.4. The van der Waals surface area contributed by atoms with E-state index in [1.54, 1.807) is 23.2 Å². The molecule has 1 aliphatic heterocycles. The fourth-order valence-corrected chi connectivity index (χ4v) is 4.35. The minimum atomic E-state index is -0.251. The quantitative estimate of drug-likeness (QED) is 0.632. The second kappa shape index (κ2) is 8.15. The van der Waals surface area contributed by atoms with E-state index >= 15 is 0 Å². The molecule has 4 rings (SSSR count). The number of carbonyl (C=O) groups is 1. The molecule has 0 radical (unpaired) electrons. The van der Waals surface area contributed by atoms with E-state index in [4.69, 9.17) is 11.6 Å². The molecule has 0 bridgehead atoms. The van der Waals surface area contributed by atoms with Crippen LogP contribution in [0.2, 0.25) is 5.02 Å². The van der Waals surface area contributed by atoms with Crippen LogP contribution in [0, 0.1) is 13.8 Å². The zero-order valence-corrected chi connectivity index (χ0v) is 18.4. The minimum Gasteiger partial charge on any atom is -0.368 e. The first kappa shape index (κ1) is 20.5. The molecule has 2 aromatic carbocycles. The SMILES string of the molecule is CCn1cc(C(=O)N2CCN(c3cccc(C)c3C)CC2)c(=O)c2cc(Cl)ccc21. The fraction of sp³-hybridized carbons (Fsp3) is 0.333. The van der Waals surface area contributed by atoms with E-state index in [9.17, 15) is 9.59 Å². The average Bonchev–Trinajstić information content (AvgIpc) is 2.76. The summed E-state index contributed by atoms with van der Waals surface area (Å²) in [5, 5.41) is 0.984. The molecule has 3 aromatic rings. The Labute approximate surface area is 181 Å².